The van der Waals surface area contributed by atoms with Gasteiger partial charge in [0.2, 0.25) is 5.91 Å². The molecule has 1 aliphatic heterocycles. The number of carbonyl (C=O) groups excluding carboxylic acids is 3. The topological polar surface area (TPSA) is 84.9 Å². The second-order valence-corrected chi connectivity index (χ2v) is 6.50. The molecule has 0 saturated heterocycles. The number of anilines is 2. The van der Waals surface area contributed by atoms with Gasteiger partial charge in [-0.3, -0.25) is 14.5 Å². The Balaban J connectivity index is 1.32. The van der Waals surface area contributed by atoms with E-state index in [1.165, 1.54) is 4.90 Å². The number of para-hydroxylation sites is 2. The molecule has 1 heterocycles. The summed E-state index contributed by atoms with van der Waals surface area (Å²) in [5.41, 5.74) is 1.11. The molecule has 0 fully saturated rings. The molecule has 4 rings (SSSR count). The highest BCUT2D eigenvalue weighted by Crippen LogP contribution is 2.28. The maximum Gasteiger partial charge on any atom is 0.344 e. The van der Waals surface area contributed by atoms with Crippen LogP contribution in [0.2, 0.25) is 0 Å². The minimum Gasteiger partial charge on any atom is -0.482 e. The molecular weight excluding hydrogens is 372 g/mol. The van der Waals surface area contributed by atoms with E-state index >= 15 is 0 Å². The first-order valence-corrected chi connectivity index (χ1v) is 9.06. The lowest BCUT2D eigenvalue weighted by Gasteiger charge is -2.28. The monoisotopic (exact) mass is 390 g/mol. The maximum absolute atomic E-state index is 12.5. The van der Waals surface area contributed by atoms with Crippen LogP contribution in [0.4, 0.5) is 11.4 Å². The molecule has 7 nitrogen and oxygen atoms in total. The van der Waals surface area contributed by atoms with Crippen molar-refractivity contribution >= 4 is 39.9 Å². The van der Waals surface area contributed by atoms with Gasteiger partial charge in [-0.2, -0.15) is 0 Å². The molecule has 29 heavy (non-hydrogen) atoms. The Morgan fingerprint density at radius 3 is 2.55 bits per heavy atom. The molecule has 146 valence electrons. The lowest BCUT2D eigenvalue weighted by atomic mass is 10.1. The van der Waals surface area contributed by atoms with E-state index in [0.717, 1.165) is 10.8 Å². The first-order chi connectivity index (χ1) is 14.1. The molecule has 0 unspecified atom stereocenters. The zero-order valence-electron chi connectivity index (χ0n) is 15.5. The van der Waals surface area contributed by atoms with Crippen molar-refractivity contribution in [1.82, 2.24) is 0 Å². The van der Waals surface area contributed by atoms with Crippen LogP contribution in [-0.2, 0) is 19.1 Å². The Morgan fingerprint density at radius 1 is 0.931 bits per heavy atom. The molecule has 7 heteroatoms. The summed E-state index contributed by atoms with van der Waals surface area (Å²) >= 11 is 0. The van der Waals surface area contributed by atoms with Gasteiger partial charge in [-0.1, -0.05) is 42.5 Å². The van der Waals surface area contributed by atoms with Crippen molar-refractivity contribution < 1.29 is 23.9 Å². The number of hydrogen-bond acceptors (Lipinski definition) is 5. The van der Waals surface area contributed by atoms with E-state index in [9.17, 15) is 14.4 Å². The van der Waals surface area contributed by atoms with Gasteiger partial charge in [-0.25, -0.2) is 4.79 Å². The fourth-order valence-corrected chi connectivity index (χ4v) is 3.12. The van der Waals surface area contributed by atoms with Gasteiger partial charge in [0.15, 0.2) is 13.2 Å². The normalized spacial score (nSPS) is 12.8. The van der Waals surface area contributed by atoms with E-state index in [1.54, 1.807) is 30.3 Å². The van der Waals surface area contributed by atoms with Crippen LogP contribution in [0, 0.1) is 0 Å². The summed E-state index contributed by atoms with van der Waals surface area (Å²) in [6.45, 7) is -0.911. The lowest BCUT2D eigenvalue weighted by Crippen LogP contribution is -2.44. The van der Waals surface area contributed by atoms with E-state index in [4.69, 9.17) is 9.47 Å². The number of amides is 2. The fraction of sp³-hybridized carbons (Fsp3) is 0.136. The standard InChI is InChI=1S/C22H18N2O5/c25-20-12-24(19-8-4-3-7-18(19)23-20)21(26)13-29-22(27)14-28-17-10-9-15-5-1-2-6-16(15)11-17/h1-11H,12-14H2,(H,23,25). The number of hydrogen-bond donors (Lipinski definition) is 1. The van der Waals surface area contributed by atoms with Crippen molar-refractivity contribution in [3.63, 3.8) is 0 Å². The Bertz CT molecular complexity index is 1100. The lowest BCUT2D eigenvalue weighted by molar-refractivity contribution is -0.149. The summed E-state index contributed by atoms with van der Waals surface area (Å²) in [6, 6.07) is 20.3. The number of carbonyl (C=O) groups is 3. The second kappa shape index (κ2) is 8.02. The molecule has 0 aromatic heterocycles. The molecule has 0 spiro atoms. The third kappa shape index (κ3) is 4.19. The molecule has 0 saturated carbocycles. The smallest absolute Gasteiger partial charge is 0.344 e. The number of nitrogens with one attached hydrogen (secondary N) is 1. The first-order valence-electron chi connectivity index (χ1n) is 9.06. The molecular formula is C22H18N2O5. The summed E-state index contributed by atoms with van der Waals surface area (Å²) in [4.78, 5) is 37.5. The molecule has 0 atom stereocenters. The fourth-order valence-electron chi connectivity index (χ4n) is 3.12. The minimum atomic E-state index is -0.666. The Hall–Kier alpha value is -3.87. The number of ether oxygens (including phenoxy) is 2. The van der Waals surface area contributed by atoms with Crippen molar-refractivity contribution in [3.8, 4) is 5.75 Å². The van der Waals surface area contributed by atoms with Crippen LogP contribution in [0.3, 0.4) is 0 Å². The van der Waals surface area contributed by atoms with E-state index in [2.05, 4.69) is 5.32 Å². The van der Waals surface area contributed by atoms with Crippen LogP contribution in [0.25, 0.3) is 10.8 Å². The molecule has 3 aromatic carbocycles. The van der Waals surface area contributed by atoms with E-state index in [-0.39, 0.29) is 19.1 Å². The SMILES string of the molecule is O=C1CN(C(=O)COC(=O)COc2ccc3ccccc3c2)c2ccccc2N1. The minimum absolute atomic E-state index is 0.124. The van der Waals surface area contributed by atoms with Crippen LogP contribution >= 0.6 is 0 Å². The van der Waals surface area contributed by atoms with Gasteiger partial charge in [-0.15, -0.1) is 0 Å². The summed E-state index contributed by atoms with van der Waals surface area (Å²) in [6.07, 6.45) is 0. The van der Waals surface area contributed by atoms with E-state index < -0.39 is 18.5 Å². The number of esters is 1. The number of benzene rings is 3. The molecule has 2 amide bonds. The largest absolute Gasteiger partial charge is 0.482 e. The predicted molar refractivity (Wildman–Crippen MR) is 108 cm³/mol. The van der Waals surface area contributed by atoms with Gasteiger partial charge in [0, 0.05) is 0 Å². The molecule has 0 bridgehead atoms. The number of nitrogens with zero attached hydrogens (tertiary/aromatic N) is 1. The van der Waals surface area contributed by atoms with Gasteiger partial charge >= 0.3 is 5.97 Å². The Labute approximate surface area is 166 Å². The molecule has 0 aliphatic carbocycles. The van der Waals surface area contributed by atoms with E-state index in [0.29, 0.717) is 17.1 Å². The Morgan fingerprint density at radius 2 is 1.69 bits per heavy atom. The third-order valence-corrected chi connectivity index (χ3v) is 4.51. The Kier molecular flexibility index (Phi) is 5.11. The zero-order chi connectivity index (χ0) is 20.2. The van der Waals surface area contributed by atoms with Gasteiger partial charge in [0.05, 0.1) is 11.4 Å². The maximum atomic E-state index is 12.5. The quantitative estimate of drug-likeness (QED) is 0.677. The van der Waals surface area contributed by atoms with Crippen LogP contribution in [0.5, 0.6) is 5.75 Å². The van der Waals surface area contributed by atoms with Crippen molar-refractivity contribution in [2.75, 3.05) is 30.0 Å². The summed E-state index contributed by atoms with van der Waals surface area (Å²) in [5.74, 6) is -0.913. The van der Waals surface area contributed by atoms with Crippen molar-refractivity contribution in [2.45, 2.75) is 0 Å². The van der Waals surface area contributed by atoms with Gasteiger partial charge in [0.25, 0.3) is 5.91 Å². The van der Waals surface area contributed by atoms with E-state index in [1.807, 2.05) is 36.4 Å². The molecule has 1 aliphatic rings. The van der Waals surface area contributed by atoms with Crippen molar-refractivity contribution in [1.29, 1.82) is 0 Å². The summed E-state index contributed by atoms with van der Waals surface area (Å²) in [5, 5.41) is 4.76. The van der Waals surface area contributed by atoms with Crippen LogP contribution in [-0.4, -0.2) is 37.5 Å². The first kappa shape index (κ1) is 18.5. The van der Waals surface area contributed by atoms with Crippen LogP contribution in [0.15, 0.2) is 66.7 Å². The van der Waals surface area contributed by atoms with Crippen molar-refractivity contribution in [3.05, 3.63) is 66.7 Å². The molecule has 0 radical (unpaired) electrons. The molecule has 1 N–H and O–H groups in total. The third-order valence-electron chi connectivity index (χ3n) is 4.51. The predicted octanol–water partition coefficient (Wildman–Crippen LogP) is 2.75. The summed E-state index contributed by atoms with van der Waals surface area (Å²) < 4.78 is 10.5. The summed E-state index contributed by atoms with van der Waals surface area (Å²) in [7, 11) is 0. The average Bonchev–Trinajstić information content (AvgIpc) is 2.75. The van der Waals surface area contributed by atoms with Gasteiger partial charge < -0.3 is 14.8 Å². The van der Waals surface area contributed by atoms with Crippen LogP contribution in [0.1, 0.15) is 0 Å². The average molecular weight is 390 g/mol. The second-order valence-electron chi connectivity index (χ2n) is 6.50. The highest BCUT2D eigenvalue weighted by atomic mass is 16.6. The van der Waals surface area contributed by atoms with Gasteiger partial charge in [0.1, 0.15) is 12.3 Å². The number of fused-ring (bicyclic) bond motifs is 2. The zero-order valence-corrected chi connectivity index (χ0v) is 15.5. The van der Waals surface area contributed by atoms with Gasteiger partial charge in [-0.05, 0) is 35.0 Å². The van der Waals surface area contributed by atoms with Crippen molar-refractivity contribution in [2.24, 2.45) is 0 Å². The van der Waals surface area contributed by atoms with Crippen LogP contribution < -0.4 is 15.0 Å². The highest BCUT2D eigenvalue weighted by Gasteiger charge is 2.27. The number of rotatable bonds is 5. The molecule has 3 aromatic rings. The highest BCUT2D eigenvalue weighted by molar-refractivity contribution is 6.10.